The number of oxazole rings is 1. The molecule has 0 unspecified atom stereocenters. The normalized spacial score (nSPS) is 11.3. The van der Waals surface area contributed by atoms with E-state index in [1.54, 1.807) is 6.20 Å². The van der Waals surface area contributed by atoms with Gasteiger partial charge in [0.15, 0.2) is 5.58 Å². The summed E-state index contributed by atoms with van der Waals surface area (Å²) in [5.74, 6) is 0.898. The third-order valence-electron chi connectivity index (χ3n) is 4.28. The van der Waals surface area contributed by atoms with Gasteiger partial charge in [-0.25, -0.2) is 4.98 Å². The number of nitrogens with zero attached hydrogens (tertiary/aromatic N) is 2. The van der Waals surface area contributed by atoms with Crippen LogP contribution in [0.15, 0.2) is 89.5 Å². The first-order chi connectivity index (χ1) is 11.9. The first-order valence-electron chi connectivity index (χ1n) is 7.91. The smallest absolute Gasteiger partial charge is 0.225 e. The molecule has 0 N–H and O–H groups in total. The average molecular weight is 310 g/mol. The van der Waals surface area contributed by atoms with Gasteiger partial charge in [-0.2, -0.15) is 0 Å². The van der Waals surface area contributed by atoms with Gasteiger partial charge in [-0.3, -0.25) is 4.40 Å². The van der Waals surface area contributed by atoms with Crippen LogP contribution in [0.2, 0.25) is 0 Å². The van der Waals surface area contributed by atoms with Crippen LogP contribution >= 0.6 is 0 Å². The lowest BCUT2D eigenvalue weighted by molar-refractivity contribution is 0.656. The van der Waals surface area contributed by atoms with Crippen molar-refractivity contribution in [3.05, 3.63) is 85.1 Å². The van der Waals surface area contributed by atoms with Crippen LogP contribution in [0.1, 0.15) is 0 Å². The number of imidazole rings is 1. The number of hydrogen-bond donors (Lipinski definition) is 0. The van der Waals surface area contributed by atoms with Crippen molar-refractivity contribution >= 4 is 16.8 Å². The standard InChI is InChI=1S/C21H14N2O/c1-3-7-15(8-4-1)17-11-12-19-18(13-17)23-20(24-19)14-22-21(23)16-9-5-2-6-10-16/h1-14H. The molecule has 3 heteroatoms. The van der Waals surface area contributed by atoms with Crippen molar-refractivity contribution in [2.75, 3.05) is 0 Å². The lowest BCUT2D eigenvalue weighted by Crippen LogP contribution is -1.88. The summed E-state index contributed by atoms with van der Waals surface area (Å²) < 4.78 is 8.03. The van der Waals surface area contributed by atoms with Crippen molar-refractivity contribution in [3.8, 4) is 22.5 Å². The lowest BCUT2D eigenvalue weighted by Gasteiger charge is -2.03. The van der Waals surface area contributed by atoms with Crippen LogP contribution in [0, 0.1) is 0 Å². The molecule has 0 bridgehead atoms. The van der Waals surface area contributed by atoms with Gasteiger partial charge < -0.3 is 4.42 Å². The highest BCUT2D eigenvalue weighted by molar-refractivity contribution is 5.85. The molecule has 5 rings (SSSR count). The Bertz CT molecular complexity index is 1140. The van der Waals surface area contributed by atoms with Crippen LogP contribution in [0.25, 0.3) is 39.3 Å². The first-order valence-corrected chi connectivity index (χ1v) is 7.91. The van der Waals surface area contributed by atoms with Gasteiger partial charge in [0.2, 0.25) is 5.71 Å². The molecule has 114 valence electrons. The summed E-state index contributed by atoms with van der Waals surface area (Å²) in [6.45, 7) is 0. The quantitative estimate of drug-likeness (QED) is 0.436. The molecule has 0 radical (unpaired) electrons. The molecule has 5 aromatic rings. The molecule has 3 aromatic carbocycles. The van der Waals surface area contributed by atoms with E-state index in [1.165, 1.54) is 11.1 Å². The van der Waals surface area contributed by atoms with Crippen LogP contribution in [-0.2, 0) is 0 Å². The second-order valence-electron chi connectivity index (χ2n) is 5.77. The predicted octanol–water partition coefficient (Wildman–Crippen LogP) is 5.41. The number of aromatic nitrogens is 2. The number of hydrogen-bond acceptors (Lipinski definition) is 2. The molecule has 2 heterocycles. The van der Waals surface area contributed by atoms with E-state index < -0.39 is 0 Å². The SMILES string of the molecule is c1ccc(-c2ccc3oc4cnc(-c5ccccc5)n4c3c2)cc1. The van der Waals surface area contributed by atoms with Crippen molar-refractivity contribution in [2.45, 2.75) is 0 Å². The second-order valence-corrected chi connectivity index (χ2v) is 5.77. The summed E-state index contributed by atoms with van der Waals surface area (Å²) >= 11 is 0. The van der Waals surface area contributed by atoms with Gasteiger partial charge in [0.25, 0.3) is 0 Å². The number of rotatable bonds is 2. The van der Waals surface area contributed by atoms with E-state index in [0.717, 1.165) is 28.2 Å². The lowest BCUT2D eigenvalue weighted by atomic mass is 10.1. The van der Waals surface area contributed by atoms with Crippen LogP contribution < -0.4 is 0 Å². The molecule has 0 fully saturated rings. The molecule has 0 saturated carbocycles. The molecule has 24 heavy (non-hydrogen) atoms. The number of benzene rings is 3. The van der Waals surface area contributed by atoms with Gasteiger partial charge in [0.05, 0.1) is 11.7 Å². The Morgan fingerprint density at radius 2 is 1.42 bits per heavy atom. The van der Waals surface area contributed by atoms with Crippen molar-refractivity contribution in [3.63, 3.8) is 0 Å². The van der Waals surface area contributed by atoms with Gasteiger partial charge in [0, 0.05) is 5.56 Å². The zero-order valence-corrected chi connectivity index (χ0v) is 12.9. The minimum atomic E-state index is 0.758. The van der Waals surface area contributed by atoms with E-state index in [9.17, 15) is 0 Å². The summed E-state index contributed by atoms with van der Waals surface area (Å²) in [5.41, 5.74) is 6.08. The van der Waals surface area contributed by atoms with Crippen molar-refractivity contribution in [1.82, 2.24) is 9.38 Å². The van der Waals surface area contributed by atoms with E-state index in [-0.39, 0.29) is 0 Å². The highest BCUT2D eigenvalue weighted by atomic mass is 16.3. The fourth-order valence-electron chi connectivity index (χ4n) is 3.13. The highest BCUT2D eigenvalue weighted by Gasteiger charge is 2.14. The Hall–Kier alpha value is -3.33. The summed E-state index contributed by atoms with van der Waals surface area (Å²) in [6, 6.07) is 26.8. The molecule has 0 aliphatic heterocycles. The minimum Gasteiger partial charge on any atom is -0.437 e. The topological polar surface area (TPSA) is 30.4 Å². The maximum absolute atomic E-state index is 5.95. The van der Waals surface area contributed by atoms with Crippen LogP contribution in [0.3, 0.4) is 0 Å². The summed E-state index contributed by atoms with van der Waals surface area (Å²) in [7, 11) is 0. The van der Waals surface area contributed by atoms with E-state index >= 15 is 0 Å². The molecule has 0 aliphatic carbocycles. The second kappa shape index (κ2) is 5.10. The predicted molar refractivity (Wildman–Crippen MR) is 95.8 cm³/mol. The third kappa shape index (κ3) is 1.95. The molecular weight excluding hydrogens is 296 g/mol. The zero-order valence-electron chi connectivity index (χ0n) is 12.9. The van der Waals surface area contributed by atoms with Crippen molar-refractivity contribution in [2.24, 2.45) is 0 Å². The summed E-state index contributed by atoms with van der Waals surface area (Å²) in [6.07, 6.45) is 1.78. The maximum atomic E-state index is 5.95. The van der Waals surface area contributed by atoms with Crippen molar-refractivity contribution in [1.29, 1.82) is 0 Å². The Morgan fingerprint density at radius 3 is 2.17 bits per heavy atom. The first kappa shape index (κ1) is 13.1. The van der Waals surface area contributed by atoms with E-state index in [0.29, 0.717) is 0 Å². The summed E-state index contributed by atoms with van der Waals surface area (Å²) in [4.78, 5) is 4.55. The van der Waals surface area contributed by atoms with E-state index in [1.807, 2.05) is 30.3 Å². The molecule has 0 spiro atoms. The minimum absolute atomic E-state index is 0.758. The van der Waals surface area contributed by atoms with Crippen LogP contribution in [0.4, 0.5) is 0 Å². The molecule has 2 aromatic heterocycles. The summed E-state index contributed by atoms with van der Waals surface area (Å²) in [5, 5.41) is 0. The van der Waals surface area contributed by atoms with E-state index in [2.05, 4.69) is 57.9 Å². The van der Waals surface area contributed by atoms with Gasteiger partial charge in [0.1, 0.15) is 5.82 Å². The molecule has 0 atom stereocenters. The van der Waals surface area contributed by atoms with E-state index in [4.69, 9.17) is 4.42 Å². The van der Waals surface area contributed by atoms with Gasteiger partial charge >= 0.3 is 0 Å². The highest BCUT2D eigenvalue weighted by Crippen LogP contribution is 2.30. The molecule has 0 saturated heterocycles. The van der Waals surface area contributed by atoms with Crippen LogP contribution in [0.5, 0.6) is 0 Å². The Kier molecular flexibility index (Phi) is 2.79. The monoisotopic (exact) mass is 310 g/mol. The fraction of sp³-hybridized carbons (Fsp3) is 0. The largest absolute Gasteiger partial charge is 0.437 e. The zero-order chi connectivity index (χ0) is 15.9. The van der Waals surface area contributed by atoms with Crippen molar-refractivity contribution < 1.29 is 4.42 Å². The van der Waals surface area contributed by atoms with Gasteiger partial charge in [-0.05, 0) is 23.3 Å². The average Bonchev–Trinajstić information content (AvgIpc) is 3.22. The fourth-order valence-corrected chi connectivity index (χ4v) is 3.13. The Labute approximate surface area is 138 Å². The third-order valence-corrected chi connectivity index (χ3v) is 4.28. The van der Waals surface area contributed by atoms with Crippen LogP contribution in [-0.4, -0.2) is 9.38 Å². The molecule has 0 amide bonds. The molecule has 3 nitrogen and oxygen atoms in total. The molecule has 0 aliphatic rings. The van der Waals surface area contributed by atoms with Gasteiger partial charge in [-0.1, -0.05) is 66.7 Å². The Morgan fingerprint density at radius 1 is 0.708 bits per heavy atom. The van der Waals surface area contributed by atoms with Gasteiger partial charge in [-0.15, -0.1) is 0 Å². The number of fused-ring (bicyclic) bond motifs is 3. The molecular formula is C21H14N2O. The Balaban J connectivity index is 1.79. The maximum Gasteiger partial charge on any atom is 0.225 e.